The predicted octanol–water partition coefficient (Wildman–Crippen LogP) is -0.539. The second-order valence-electron chi connectivity index (χ2n) is 0.283. The fourth-order valence-electron chi connectivity index (χ4n) is 0. The molecule has 0 aliphatic heterocycles. The summed E-state index contributed by atoms with van der Waals surface area (Å²) in [6.45, 7) is 0. The fourth-order valence-corrected chi connectivity index (χ4v) is 0. The molecule has 0 aromatic heterocycles. The van der Waals surface area contributed by atoms with E-state index in [-0.39, 0.29) is 67.3 Å². The molecule has 0 amide bonds. The molecule has 2 N–H and O–H groups in total. The molecule has 0 atom stereocenters. The Kier molecular flexibility index (Phi) is 25.4. The van der Waals surface area contributed by atoms with Crippen LogP contribution in [0.15, 0.2) is 0 Å². The number of carbonyl (C=O) groups is 1. The normalized spacial score (nSPS) is 4.00. The number of hydrogen-bond acceptors (Lipinski definition) is 1. The van der Waals surface area contributed by atoms with E-state index in [9.17, 15) is 0 Å². The predicted molar refractivity (Wildman–Crippen MR) is 22.2 cm³/mol. The number of carboxylic acid groups (broad SMARTS) is 2. The second-order valence-corrected chi connectivity index (χ2v) is 0.283. The smallest absolute Gasteiger partial charge is 0.450 e. The third kappa shape index (κ3) is 48.5. The molecule has 0 bridgehead atoms. The first kappa shape index (κ1) is 15.6. The van der Waals surface area contributed by atoms with Crippen molar-refractivity contribution in [3.05, 3.63) is 0 Å². The first-order valence-corrected chi connectivity index (χ1v) is 0.651. The molecule has 0 aliphatic carbocycles. The van der Waals surface area contributed by atoms with Crippen LogP contribution in [0.2, 0.25) is 0 Å². The summed E-state index contributed by atoms with van der Waals surface area (Å²) in [5.41, 5.74) is 0. The summed E-state index contributed by atoms with van der Waals surface area (Å²) in [6.07, 6.45) is -1.83. The maximum Gasteiger partial charge on any atom is 0.503 e. The van der Waals surface area contributed by atoms with Gasteiger partial charge >= 0.3 is 6.16 Å². The van der Waals surface area contributed by atoms with Crippen LogP contribution in [-0.4, -0.2) is 83.7 Å². The Hall–Kier alpha value is 1.53. The molecule has 27 valence electrons. The molecule has 0 spiro atoms. The summed E-state index contributed by atoms with van der Waals surface area (Å²) < 4.78 is 0. The van der Waals surface area contributed by atoms with E-state index in [0.29, 0.717) is 0 Å². The van der Waals surface area contributed by atoms with Gasteiger partial charge in [-0.25, -0.2) is 4.79 Å². The Morgan fingerprint density at radius 3 is 1.33 bits per heavy atom. The maximum atomic E-state index is 8.56. The van der Waals surface area contributed by atoms with Gasteiger partial charge in [-0.3, -0.25) is 0 Å². The first-order chi connectivity index (χ1) is 1.73. The van der Waals surface area contributed by atoms with Gasteiger partial charge in [0.25, 0.3) is 0 Å². The van der Waals surface area contributed by atoms with Crippen molar-refractivity contribution in [1.82, 2.24) is 0 Å². The van der Waals surface area contributed by atoms with Crippen LogP contribution in [0.5, 0.6) is 0 Å². The summed E-state index contributed by atoms with van der Waals surface area (Å²) in [6, 6.07) is 0. The van der Waals surface area contributed by atoms with Crippen molar-refractivity contribution in [1.29, 1.82) is 0 Å². The topological polar surface area (TPSA) is 57.5 Å². The van der Waals surface area contributed by atoms with Crippen molar-refractivity contribution < 1.29 is 15.0 Å². The molecular weight excluding hydrogens is 123 g/mol. The van der Waals surface area contributed by atoms with Crippen LogP contribution in [-0.2, 0) is 0 Å². The molecule has 3 radical (unpaired) electrons. The summed E-state index contributed by atoms with van der Waals surface area (Å²) in [7, 11) is 0. The molecule has 0 aromatic carbocycles. The van der Waals surface area contributed by atoms with E-state index >= 15 is 0 Å². The van der Waals surface area contributed by atoms with Crippen molar-refractivity contribution in [2.24, 2.45) is 0 Å². The van der Waals surface area contributed by atoms with Gasteiger partial charge in [0.05, 0.1) is 0 Å². The van der Waals surface area contributed by atoms with Crippen molar-refractivity contribution >= 4 is 73.5 Å². The molecule has 0 heterocycles. The van der Waals surface area contributed by atoms with E-state index in [1.54, 1.807) is 0 Å². The summed E-state index contributed by atoms with van der Waals surface area (Å²) >= 11 is 0. The van der Waals surface area contributed by atoms with Crippen molar-refractivity contribution in [2.75, 3.05) is 0 Å². The average Bonchev–Trinajstić information content (AvgIpc) is 0.811. The molecule has 0 fully saturated rings. The van der Waals surface area contributed by atoms with Gasteiger partial charge in [-0.05, 0) is 0 Å². The number of rotatable bonds is 0. The quantitative estimate of drug-likeness (QED) is 0.427. The minimum atomic E-state index is -1.83. The first-order valence-electron chi connectivity index (χ1n) is 0.651. The summed E-state index contributed by atoms with van der Waals surface area (Å²) in [5.74, 6) is 0. The number of hydrogen-bond donors (Lipinski definition) is 2. The van der Waals surface area contributed by atoms with E-state index in [0.717, 1.165) is 0 Å². The third-order valence-electron chi connectivity index (χ3n) is 0. The van der Waals surface area contributed by atoms with Crippen molar-refractivity contribution in [3.63, 3.8) is 0 Å². The van der Waals surface area contributed by atoms with Gasteiger partial charge in [-0.15, -0.1) is 0 Å². The molecule has 0 saturated carbocycles. The Bertz CT molecular complexity index is 33.8. The van der Waals surface area contributed by atoms with E-state index < -0.39 is 6.16 Å². The van der Waals surface area contributed by atoms with Gasteiger partial charge in [0.1, 0.15) is 0 Å². The Morgan fingerprint density at radius 2 is 1.33 bits per heavy atom. The molecule has 0 aliphatic rings. The molecular formula is CH2CaNaO3. The van der Waals surface area contributed by atoms with Crippen LogP contribution < -0.4 is 0 Å². The Labute approximate surface area is 87.0 Å². The van der Waals surface area contributed by atoms with Crippen LogP contribution in [0.4, 0.5) is 4.79 Å². The molecule has 5 heteroatoms. The van der Waals surface area contributed by atoms with Crippen molar-refractivity contribution in [3.8, 4) is 0 Å². The van der Waals surface area contributed by atoms with E-state index in [1.165, 1.54) is 0 Å². The van der Waals surface area contributed by atoms with Crippen LogP contribution in [0.25, 0.3) is 0 Å². The minimum Gasteiger partial charge on any atom is -0.450 e. The third-order valence-corrected chi connectivity index (χ3v) is 0. The average molecular weight is 125 g/mol. The fraction of sp³-hybridized carbons (Fsp3) is 0. The zero-order valence-corrected chi connectivity index (χ0v) is 7.72. The molecule has 0 saturated heterocycles. The van der Waals surface area contributed by atoms with Crippen LogP contribution in [0.1, 0.15) is 0 Å². The standard InChI is InChI=1S/CH2O3.Ca.Na/c2-1(3)4;;/h(H2,2,3,4);;. The molecule has 0 rings (SSSR count). The zero-order chi connectivity index (χ0) is 3.58. The maximum absolute atomic E-state index is 8.56. The van der Waals surface area contributed by atoms with Gasteiger partial charge in [0, 0.05) is 67.3 Å². The van der Waals surface area contributed by atoms with Crippen LogP contribution >= 0.6 is 0 Å². The van der Waals surface area contributed by atoms with Crippen LogP contribution in [0, 0.1) is 0 Å². The Balaban J connectivity index is -0.0000000450. The van der Waals surface area contributed by atoms with Gasteiger partial charge in [0.15, 0.2) is 0 Å². The SMILES string of the molecule is O=C(O)O.[Ca].[Na]. The van der Waals surface area contributed by atoms with Gasteiger partial charge in [-0.1, -0.05) is 0 Å². The summed E-state index contributed by atoms with van der Waals surface area (Å²) in [5, 5.41) is 13.9. The molecule has 0 aromatic rings. The van der Waals surface area contributed by atoms with Gasteiger partial charge in [-0.2, -0.15) is 0 Å². The molecule has 3 nitrogen and oxygen atoms in total. The van der Waals surface area contributed by atoms with E-state index in [4.69, 9.17) is 15.0 Å². The largest absolute Gasteiger partial charge is 0.503 e. The van der Waals surface area contributed by atoms with Gasteiger partial charge < -0.3 is 10.2 Å². The van der Waals surface area contributed by atoms with Gasteiger partial charge in [0.2, 0.25) is 0 Å². The van der Waals surface area contributed by atoms with E-state index in [1.807, 2.05) is 0 Å². The summed E-state index contributed by atoms with van der Waals surface area (Å²) in [4.78, 5) is 8.56. The molecule has 0 unspecified atom stereocenters. The second kappa shape index (κ2) is 9.73. The monoisotopic (exact) mass is 125 g/mol. The van der Waals surface area contributed by atoms with Crippen molar-refractivity contribution in [2.45, 2.75) is 0 Å². The zero-order valence-electron chi connectivity index (χ0n) is 3.51. The minimum absolute atomic E-state index is 0. The Morgan fingerprint density at radius 1 is 1.33 bits per heavy atom. The van der Waals surface area contributed by atoms with E-state index in [2.05, 4.69) is 0 Å². The molecule has 6 heavy (non-hydrogen) atoms. The van der Waals surface area contributed by atoms with Crippen LogP contribution in [0.3, 0.4) is 0 Å².